The Kier molecular flexibility index (Phi) is 9.40. The van der Waals surface area contributed by atoms with Crippen LogP contribution >= 0.6 is 0 Å². The molecule has 0 spiro atoms. The van der Waals surface area contributed by atoms with Crippen molar-refractivity contribution in [2.45, 2.75) is 125 Å². The van der Waals surface area contributed by atoms with Gasteiger partial charge in [-0.25, -0.2) is 16.8 Å². The third kappa shape index (κ3) is 6.34. The van der Waals surface area contributed by atoms with Gasteiger partial charge in [-0.3, -0.25) is 0 Å². The second-order valence-corrected chi connectivity index (χ2v) is 14.5. The summed E-state index contributed by atoms with van der Waals surface area (Å²) in [6.07, 6.45) is 6.93. The summed E-state index contributed by atoms with van der Waals surface area (Å²) in [4.78, 5) is 2.91. The molecule has 0 bridgehead atoms. The van der Waals surface area contributed by atoms with E-state index in [1.165, 1.54) is 0 Å². The van der Waals surface area contributed by atoms with Crippen LogP contribution in [0.5, 0.6) is 0 Å². The van der Waals surface area contributed by atoms with E-state index in [-0.39, 0.29) is 12.8 Å². The van der Waals surface area contributed by atoms with Gasteiger partial charge in [-0.15, -0.1) is 4.79 Å². The van der Waals surface area contributed by atoms with Gasteiger partial charge in [0.05, 0.1) is 12.2 Å². The smallest absolute Gasteiger partial charge is 0.359 e. The Bertz CT molecular complexity index is 895. The first-order valence-corrected chi connectivity index (χ1v) is 16.2. The van der Waals surface area contributed by atoms with Gasteiger partial charge in [0.15, 0.2) is 12.6 Å². The van der Waals surface area contributed by atoms with Gasteiger partial charge in [-0.1, -0.05) is 25.7 Å². The van der Waals surface area contributed by atoms with Crippen molar-refractivity contribution in [3.05, 3.63) is 5.53 Å². The summed E-state index contributed by atoms with van der Waals surface area (Å²) < 4.78 is 77.0. The van der Waals surface area contributed by atoms with Crippen molar-refractivity contribution in [2.24, 2.45) is 0 Å². The van der Waals surface area contributed by atoms with Crippen LogP contribution in [0.15, 0.2) is 0 Å². The van der Waals surface area contributed by atoms with Gasteiger partial charge < -0.3 is 24.5 Å². The first kappa shape index (κ1) is 27.2. The Morgan fingerprint density at radius 3 is 1.40 bits per heavy atom. The molecule has 0 amide bonds. The molecule has 6 atom stereocenters. The normalized spacial score (nSPS) is 35.2. The predicted octanol–water partition coefficient (Wildman–Crippen LogP) is 3.11. The van der Waals surface area contributed by atoms with Crippen molar-refractivity contribution in [2.75, 3.05) is 13.2 Å². The van der Waals surface area contributed by atoms with E-state index >= 15 is 0 Å². The molecule has 0 aromatic carbocycles. The summed E-state index contributed by atoms with van der Waals surface area (Å²) >= 11 is 0. The molecular formula is C23H38N2O8S2. The van der Waals surface area contributed by atoms with Crippen LogP contribution in [0.25, 0.3) is 5.53 Å². The third-order valence-corrected chi connectivity index (χ3v) is 12.8. The number of hydrogen-bond donors (Lipinski definition) is 0. The Morgan fingerprint density at radius 1 is 0.629 bits per heavy atom. The van der Waals surface area contributed by atoms with Crippen LogP contribution in [0.3, 0.4) is 0 Å². The Hall–Kier alpha value is -0.880. The van der Waals surface area contributed by atoms with E-state index in [2.05, 4.69) is 4.79 Å². The zero-order valence-electron chi connectivity index (χ0n) is 20.3. The van der Waals surface area contributed by atoms with E-state index < -0.39 is 59.3 Å². The van der Waals surface area contributed by atoms with Gasteiger partial charge >= 0.3 is 4.38 Å². The van der Waals surface area contributed by atoms with E-state index in [1.807, 2.05) is 0 Å². The number of nitrogens with zero attached hydrogens (tertiary/aromatic N) is 2. The van der Waals surface area contributed by atoms with Crippen molar-refractivity contribution in [1.82, 2.24) is 0 Å². The van der Waals surface area contributed by atoms with Gasteiger partial charge in [-0.05, 0) is 64.2 Å². The monoisotopic (exact) mass is 534 g/mol. The third-order valence-electron chi connectivity index (χ3n) is 7.58. The van der Waals surface area contributed by atoms with Gasteiger partial charge in [0, 0.05) is 13.2 Å². The molecule has 4 rings (SSSR count). The highest BCUT2D eigenvalue weighted by molar-refractivity contribution is 8.31. The summed E-state index contributed by atoms with van der Waals surface area (Å²) in [6, 6.07) is 0. The molecule has 6 unspecified atom stereocenters. The van der Waals surface area contributed by atoms with E-state index in [0.717, 1.165) is 38.5 Å². The molecule has 2 heterocycles. The fourth-order valence-electron chi connectivity index (χ4n) is 5.71. The molecule has 35 heavy (non-hydrogen) atoms. The maximum absolute atomic E-state index is 13.7. The minimum atomic E-state index is -4.49. The zero-order chi connectivity index (χ0) is 24.9. The molecular weight excluding hydrogens is 496 g/mol. The molecule has 0 N–H and O–H groups in total. The zero-order valence-corrected chi connectivity index (χ0v) is 21.9. The molecule has 4 fully saturated rings. The van der Waals surface area contributed by atoms with Crippen LogP contribution in [0.1, 0.15) is 89.9 Å². The maximum Gasteiger partial charge on any atom is 0.495 e. The van der Waals surface area contributed by atoms with Crippen LogP contribution in [0, 0.1) is 0 Å². The fourth-order valence-corrected chi connectivity index (χ4v) is 10.6. The first-order chi connectivity index (χ1) is 16.8. The van der Waals surface area contributed by atoms with Crippen LogP contribution in [0.2, 0.25) is 0 Å². The lowest BCUT2D eigenvalue weighted by Gasteiger charge is -2.35. The highest BCUT2D eigenvalue weighted by Gasteiger charge is 2.55. The summed E-state index contributed by atoms with van der Waals surface area (Å²) in [5.74, 6) is 0. The molecule has 2 aliphatic carbocycles. The van der Waals surface area contributed by atoms with Crippen molar-refractivity contribution in [3.63, 3.8) is 0 Å². The van der Waals surface area contributed by atoms with Crippen molar-refractivity contribution >= 4 is 24.1 Å². The molecule has 10 nitrogen and oxygen atoms in total. The van der Waals surface area contributed by atoms with Crippen LogP contribution < -0.4 is 0 Å². The summed E-state index contributed by atoms with van der Waals surface area (Å²) in [5.41, 5.74) is 9.77. The van der Waals surface area contributed by atoms with Gasteiger partial charge in [0.2, 0.25) is 0 Å². The largest absolute Gasteiger partial charge is 0.495 e. The van der Waals surface area contributed by atoms with Crippen LogP contribution in [0.4, 0.5) is 0 Å². The van der Waals surface area contributed by atoms with Crippen molar-refractivity contribution in [3.8, 4) is 0 Å². The molecule has 2 saturated heterocycles. The molecule has 200 valence electrons. The van der Waals surface area contributed by atoms with E-state index in [1.54, 1.807) is 0 Å². The van der Waals surface area contributed by atoms with E-state index in [4.69, 9.17) is 18.9 Å². The number of sulfone groups is 2. The quantitative estimate of drug-likeness (QED) is 0.219. The Balaban J connectivity index is 1.55. The van der Waals surface area contributed by atoms with Crippen LogP contribution in [-0.2, 0) is 38.6 Å². The molecule has 2 saturated carbocycles. The van der Waals surface area contributed by atoms with Gasteiger partial charge in [-0.2, -0.15) is 0 Å². The lowest BCUT2D eigenvalue weighted by molar-refractivity contribution is -0.192. The van der Waals surface area contributed by atoms with E-state index in [9.17, 15) is 22.4 Å². The molecule has 2 aliphatic heterocycles. The average Bonchev–Trinajstić information content (AvgIpc) is 2.86. The molecule has 12 heteroatoms. The number of hydrogen-bond acceptors (Lipinski definition) is 8. The summed E-state index contributed by atoms with van der Waals surface area (Å²) in [5, 5.41) is -2.21. The second kappa shape index (κ2) is 12.1. The Labute approximate surface area is 208 Å². The fraction of sp³-hybridized carbons (Fsp3) is 0.957. The molecule has 0 aromatic rings. The van der Waals surface area contributed by atoms with Crippen molar-refractivity contribution < 1.29 is 40.6 Å². The summed E-state index contributed by atoms with van der Waals surface area (Å²) in [6.45, 7) is 1.11. The number of rotatable bonds is 6. The topological polar surface area (TPSA) is 142 Å². The standard InChI is InChI=1S/C23H38N2O8S2/c24-25-23(34(26,27)19-11-3-1-9-17(19)32-21-13-5-7-15-30-21)35(28,29)20-12-4-2-10-18(20)33-22-14-6-8-16-31-22/h17-22H,1-16H2. The highest BCUT2D eigenvalue weighted by atomic mass is 32.3. The van der Waals surface area contributed by atoms with E-state index in [0.29, 0.717) is 51.7 Å². The van der Waals surface area contributed by atoms with Crippen molar-refractivity contribution in [1.29, 1.82) is 0 Å². The lowest BCUT2D eigenvalue weighted by Crippen LogP contribution is -2.50. The number of ether oxygens (including phenoxy) is 4. The highest BCUT2D eigenvalue weighted by Crippen LogP contribution is 2.34. The summed E-state index contributed by atoms with van der Waals surface area (Å²) in [7, 11) is -8.99. The maximum atomic E-state index is 13.7. The average molecular weight is 535 g/mol. The molecule has 4 aliphatic rings. The van der Waals surface area contributed by atoms with Gasteiger partial charge in [0.25, 0.3) is 19.7 Å². The second-order valence-electron chi connectivity index (χ2n) is 10.0. The molecule has 0 aromatic heterocycles. The lowest BCUT2D eigenvalue weighted by atomic mass is 9.97. The SMILES string of the molecule is [N-]=[N+]=C(S(=O)(=O)C1CCCCC1OC1CCCCO1)S(=O)(=O)C1CCCCC1OC1CCCCO1. The molecule has 0 radical (unpaired) electrons. The first-order valence-electron chi connectivity index (χ1n) is 13.1. The predicted molar refractivity (Wildman–Crippen MR) is 128 cm³/mol. The Morgan fingerprint density at radius 2 is 1.03 bits per heavy atom. The minimum absolute atomic E-state index is 0.245. The minimum Gasteiger partial charge on any atom is -0.359 e. The van der Waals surface area contributed by atoms with Gasteiger partial charge in [0.1, 0.15) is 10.5 Å². The van der Waals surface area contributed by atoms with Crippen LogP contribution in [-0.4, -0.2) is 74.5 Å².